The molecule has 2 aliphatic carbocycles. The summed E-state index contributed by atoms with van der Waals surface area (Å²) < 4.78 is 0. The molecule has 7 heteroatoms. The van der Waals surface area contributed by atoms with Crippen molar-refractivity contribution in [3.05, 3.63) is 120 Å². The smallest absolute Gasteiger partial charge is 0.872 e. The largest absolute Gasteiger partial charge is 2.00 e. The van der Waals surface area contributed by atoms with Crippen molar-refractivity contribution in [2.24, 2.45) is 0 Å². The van der Waals surface area contributed by atoms with Crippen LogP contribution >= 0.6 is 0 Å². The molecule has 3 aromatic heterocycles. The monoisotopic (exact) mass is 595 g/mol. The van der Waals surface area contributed by atoms with Gasteiger partial charge in [0.05, 0.1) is 16.9 Å². The standard InChI is InChI=1S/C21H16N2O.C18H16N2O.Be/c1-21(2)17-14-8-4-3-6-12(14)10-15(24)16(17)20-18(21)19-13(11-23-20)7-5-9-22-19;1-18(2)15-11-6-4-3-5-10(11)9-13(21)14(15)17-16(18)12(19)7-8-20-17;/h3-11,24H,1-2H3;3-9,21H,1-2H3,(H2,19,20);/q;;+2/p-2. The van der Waals surface area contributed by atoms with Crippen LogP contribution < -0.4 is 15.9 Å². The minimum atomic E-state index is -0.316. The summed E-state index contributed by atoms with van der Waals surface area (Å²) in [5, 5.41) is 30.7. The van der Waals surface area contributed by atoms with Crippen molar-refractivity contribution >= 4 is 48.3 Å². The maximum atomic E-state index is 12.9. The maximum absolute atomic E-state index is 12.9. The molecule has 0 unspecified atom stereocenters. The number of hydrogen-bond donors (Lipinski definition) is 1. The van der Waals surface area contributed by atoms with E-state index in [1.54, 1.807) is 30.6 Å². The Morgan fingerprint density at radius 1 is 0.565 bits per heavy atom. The first-order valence-electron chi connectivity index (χ1n) is 15.1. The van der Waals surface area contributed by atoms with Crippen LogP contribution in [0.3, 0.4) is 0 Å². The fourth-order valence-electron chi connectivity index (χ4n) is 7.81. The molecule has 0 bridgehead atoms. The molecule has 0 fully saturated rings. The molecule has 46 heavy (non-hydrogen) atoms. The van der Waals surface area contributed by atoms with Gasteiger partial charge in [-0.1, -0.05) is 99.9 Å². The van der Waals surface area contributed by atoms with E-state index in [-0.39, 0.29) is 32.5 Å². The van der Waals surface area contributed by atoms with Gasteiger partial charge in [-0.05, 0) is 62.0 Å². The van der Waals surface area contributed by atoms with Gasteiger partial charge >= 0.3 is 10.1 Å². The Morgan fingerprint density at radius 2 is 1.09 bits per heavy atom. The van der Waals surface area contributed by atoms with Crippen LogP contribution in [0.1, 0.15) is 49.9 Å². The van der Waals surface area contributed by atoms with Gasteiger partial charge in [0, 0.05) is 51.6 Å². The van der Waals surface area contributed by atoms with Crippen LogP contribution in [0.2, 0.25) is 0 Å². The van der Waals surface area contributed by atoms with Crippen LogP contribution in [0.25, 0.3) is 55.0 Å². The zero-order valence-electron chi connectivity index (χ0n) is 26.2. The predicted molar refractivity (Wildman–Crippen MR) is 183 cm³/mol. The fraction of sp³-hybridized carbons (Fsp3) is 0.154. The number of fused-ring (bicyclic) bond motifs is 12. The molecule has 220 valence electrons. The Morgan fingerprint density at radius 3 is 1.70 bits per heavy atom. The van der Waals surface area contributed by atoms with Gasteiger partial charge in [-0.2, -0.15) is 0 Å². The van der Waals surface area contributed by atoms with E-state index in [0.717, 1.165) is 71.7 Å². The minimum Gasteiger partial charge on any atom is -0.872 e. The average Bonchev–Trinajstić information content (AvgIpc) is 3.43. The summed E-state index contributed by atoms with van der Waals surface area (Å²) in [4.78, 5) is 13.7. The van der Waals surface area contributed by atoms with E-state index in [1.165, 1.54) is 0 Å². The Balaban J connectivity index is 0.000000145. The molecule has 0 atom stereocenters. The van der Waals surface area contributed by atoms with E-state index in [2.05, 4.69) is 54.8 Å². The summed E-state index contributed by atoms with van der Waals surface area (Å²) >= 11 is 0. The number of nitrogens with two attached hydrogens (primary N) is 1. The summed E-state index contributed by atoms with van der Waals surface area (Å²) in [5.74, 6) is 0.0620. The second-order valence-corrected chi connectivity index (χ2v) is 13.0. The Kier molecular flexibility index (Phi) is 6.45. The van der Waals surface area contributed by atoms with Crippen molar-refractivity contribution in [1.29, 1.82) is 0 Å². The predicted octanol–water partition coefficient (Wildman–Crippen LogP) is 6.98. The number of aromatic nitrogens is 3. The molecule has 0 spiro atoms. The van der Waals surface area contributed by atoms with E-state index in [1.807, 2.05) is 54.7 Å². The van der Waals surface area contributed by atoms with E-state index in [0.29, 0.717) is 11.3 Å². The molecule has 3 heterocycles. The maximum Gasteiger partial charge on any atom is 2.00 e. The van der Waals surface area contributed by atoms with Crippen LogP contribution in [0.15, 0.2) is 97.5 Å². The normalized spacial score (nSPS) is 14.5. The first-order valence-corrected chi connectivity index (χ1v) is 15.1. The Hall–Kier alpha value is -5.32. The van der Waals surface area contributed by atoms with Gasteiger partial charge in [0.2, 0.25) is 0 Å². The van der Waals surface area contributed by atoms with E-state index >= 15 is 0 Å². The number of anilines is 1. The van der Waals surface area contributed by atoms with Crippen LogP contribution in [-0.4, -0.2) is 25.1 Å². The number of nitrogens with zero attached hydrogens (tertiary/aromatic N) is 3. The van der Waals surface area contributed by atoms with E-state index < -0.39 is 0 Å². The average molecular weight is 596 g/mol. The van der Waals surface area contributed by atoms with Crippen LogP contribution in [0.5, 0.6) is 11.5 Å². The molecule has 2 aliphatic rings. The SMILES string of the molecule is CC1(C)c2c(N)ccnc2-c2c([O-])cc3ccccc3c21.CC1(C)c2c(c([O-])cc3ccccc23)-c2ncc3cccnc3c21.[Be+2]. The molecule has 9 rings (SSSR count). The number of rotatable bonds is 0. The van der Waals surface area contributed by atoms with Crippen LogP contribution in [0.4, 0.5) is 5.69 Å². The topological polar surface area (TPSA) is 111 Å². The zero-order chi connectivity index (χ0) is 31.2. The molecule has 2 N–H and O–H groups in total. The van der Waals surface area contributed by atoms with Crippen molar-refractivity contribution in [3.8, 4) is 34.0 Å². The Bertz CT molecular complexity index is 2380. The van der Waals surface area contributed by atoms with Crippen molar-refractivity contribution in [2.45, 2.75) is 38.5 Å². The third-order valence-electron chi connectivity index (χ3n) is 9.63. The van der Waals surface area contributed by atoms with Crippen LogP contribution in [-0.2, 0) is 10.8 Å². The zero-order valence-corrected chi connectivity index (χ0v) is 26.2. The summed E-state index contributed by atoms with van der Waals surface area (Å²) in [5.41, 5.74) is 14.3. The van der Waals surface area contributed by atoms with Crippen molar-refractivity contribution in [1.82, 2.24) is 15.0 Å². The van der Waals surface area contributed by atoms with Gasteiger partial charge in [-0.25, -0.2) is 0 Å². The molecule has 0 amide bonds. The van der Waals surface area contributed by atoms with E-state index in [4.69, 9.17) is 5.73 Å². The van der Waals surface area contributed by atoms with Gasteiger partial charge < -0.3 is 15.9 Å². The molecule has 6 nitrogen and oxygen atoms in total. The van der Waals surface area contributed by atoms with Crippen molar-refractivity contribution < 1.29 is 10.2 Å². The first kappa shape index (κ1) is 29.4. The number of benzene rings is 4. The summed E-state index contributed by atoms with van der Waals surface area (Å²) in [6.45, 7) is 8.56. The van der Waals surface area contributed by atoms with Gasteiger partial charge in [0.15, 0.2) is 0 Å². The van der Waals surface area contributed by atoms with Crippen molar-refractivity contribution in [2.75, 3.05) is 5.73 Å². The quantitative estimate of drug-likeness (QED) is 0.189. The fourth-order valence-corrected chi connectivity index (χ4v) is 7.81. The Labute approximate surface area is 270 Å². The van der Waals surface area contributed by atoms with Gasteiger partial charge in [-0.15, -0.1) is 0 Å². The van der Waals surface area contributed by atoms with Gasteiger partial charge in [0.25, 0.3) is 0 Å². The van der Waals surface area contributed by atoms with Crippen LogP contribution in [0, 0.1) is 0 Å². The second-order valence-electron chi connectivity index (χ2n) is 13.0. The third kappa shape index (κ3) is 3.90. The van der Waals surface area contributed by atoms with Crippen molar-refractivity contribution in [3.63, 3.8) is 0 Å². The van der Waals surface area contributed by atoms with E-state index in [9.17, 15) is 10.2 Å². The molecule has 0 saturated carbocycles. The molecule has 0 aliphatic heterocycles. The number of hydrogen-bond acceptors (Lipinski definition) is 6. The molecular formula is C39H30BeN4O2. The van der Waals surface area contributed by atoms with Gasteiger partial charge in [0.1, 0.15) is 0 Å². The number of pyridine rings is 3. The summed E-state index contributed by atoms with van der Waals surface area (Å²) in [7, 11) is 0. The van der Waals surface area contributed by atoms with Gasteiger partial charge in [-0.3, -0.25) is 15.0 Å². The molecule has 0 radical (unpaired) electrons. The first-order chi connectivity index (χ1) is 21.6. The molecule has 4 aromatic carbocycles. The molecule has 7 aromatic rings. The number of nitrogen functional groups attached to an aromatic ring is 1. The third-order valence-corrected chi connectivity index (χ3v) is 9.63. The molecular weight excluding hydrogens is 565 g/mol. The summed E-state index contributed by atoms with van der Waals surface area (Å²) in [6, 6.07) is 25.3. The minimum absolute atomic E-state index is 0. The second kappa shape index (κ2) is 10.1. The molecule has 0 saturated heterocycles. The summed E-state index contributed by atoms with van der Waals surface area (Å²) in [6.07, 6.45) is 5.30.